The largest absolute Gasteiger partial charge is 0.783 e. The number of phosphoric acid groups is 1. The summed E-state index contributed by atoms with van der Waals surface area (Å²) in [4.78, 5) is 43.7. The second-order valence-corrected chi connectivity index (χ2v) is 6.68. The van der Waals surface area contributed by atoms with Crippen molar-refractivity contribution in [3.8, 4) is 0 Å². The Morgan fingerprint density at radius 2 is 2.17 bits per heavy atom. The van der Waals surface area contributed by atoms with Gasteiger partial charge in [-0.2, -0.15) is 9.89 Å². The topological polar surface area (TPSA) is 172 Å². The molecular weight excluding hydrogens is 381 g/mol. The number of phosphoric ester groups is 1. The molecule has 24 heavy (non-hydrogen) atoms. The van der Waals surface area contributed by atoms with Crippen LogP contribution in [0, 0.1) is 0 Å². The van der Waals surface area contributed by atoms with Crippen molar-refractivity contribution in [2.75, 3.05) is 5.73 Å². The summed E-state index contributed by atoms with van der Waals surface area (Å²) >= 11 is 10.3. The normalized spacial score (nSPS) is 24.4. The molecule has 0 amide bonds. The molecule has 0 aliphatic carbocycles. The molecule has 128 valence electrons. The van der Waals surface area contributed by atoms with Gasteiger partial charge in [-0.25, -0.2) is 14.5 Å². The summed E-state index contributed by atoms with van der Waals surface area (Å²) in [6, 6.07) is 0. The molecule has 0 saturated heterocycles. The second kappa shape index (κ2) is 5.86. The minimum absolute atomic E-state index is 0.0501. The summed E-state index contributed by atoms with van der Waals surface area (Å²) in [6.07, 6.45) is -0.392. The molecule has 3 heterocycles. The molecule has 1 aromatic heterocycles. The SMILES string of the molecule is Nc1nc2c(c(=O)[nH]1)=NC1=C([S-])C([S-])/C(=C/OP(=O)(O)O)O[C@H]1N=2. The number of hydrogen-bond donors (Lipinski definition) is 4. The fourth-order valence-corrected chi connectivity index (χ4v) is 2.67. The molecule has 2 aliphatic heterocycles. The molecule has 0 bridgehead atoms. The number of hydrogen-bond acceptors (Lipinski definition) is 10. The van der Waals surface area contributed by atoms with E-state index in [4.69, 9.17) is 45.5 Å². The fourth-order valence-electron chi connectivity index (χ4n) is 1.93. The first-order valence-corrected chi connectivity index (χ1v) is 8.56. The van der Waals surface area contributed by atoms with Crippen molar-refractivity contribution in [1.82, 2.24) is 9.97 Å². The Kier molecular flexibility index (Phi) is 4.13. The van der Waals surface area contributed by atoms with Crippen LogP contribution in [-0.4, -0.2) is 31.2 Å². The van der Waals surface area contributed by atoms with Gasteiger partial charge < -0.3 is 40.3 Å². The molecule has 2 aliphatic rings. The number of nitrogens with zero attached hydrogens (tertiary/aromatic N) is 3. The van der Waals surface area contributed by atoms with Crippen molar-refractivity contribution in [1.29, 1.82) is 0 Å². The van der Waals surface area contributed by atoms with Crippen molar-refractivity contribution >= 4 is 39.0 Å². The standard InChI is InChI=1S/C10H10N5O6PS2/c11-10-14-7-4(8(16)15-10)12-3-6(24)5(23)2(21-9(3)13-7)1-20-22(17,18)19/h1,5,9,23-24H,(H2,17,18,19)(H3,11,13,14,15,16)/p-2/b2-1-/t5?,9-/m1/s1. The van der Waals surface area contributed by atoms with Crippen LogP contribution in [0.3, 0.4) is 0 Å². The van der Waals surface area contributed by atoms with Gasteiger partial charge in [0, 0.05) is 0 Å². The Balaban J connectivity index is 2.11. The van der Waals surface area contributed by atoms with Gasteiger partial charge in [-0.05, 0) is 0 Å². The highest BCUT2D eigenvalue weighted by atomic mass is 32.1. The summed E-state index contributed by atoms with van der Waals surface area (Å²) in [6.45, 7) is 0. The predicted octanol–water partition coefficient (Wildman–Crippen LogP) is -2.41. The van der Waals surface area contributed by atoms with E-state index in [1.54, 1.807) is 0 Å². The molecule has 0 radical (unpaired) electrons. The monoisotopic (exact) mass is 389 g/mol. The first-order valence-electron chi connectivity index (χ1n) is 6.15. The molecule has 3 rings (SSSR count). The average molecular weight is 389 g/mol. The molecule has 14 heteroatoms. The fraction of sp³-hybridized carbons (Fsp3) is 0.200. The lowest BCUT2D eigenvalue weighted by molar-refractivity contribution is 0.123. The van der Waals surface area contributed by atoms with Crippen LogP contribution in [0.2, 0.25) is 0 Å². The minimum Gasteiger partial charge on any atom is -0.783 e. The molecule has 0 saturated carbocycles. The summed E-state index contributed by atoms with van der Waals surface area (Å²) in [5.41, 5.74) is 4.94. The van der Waals surface area contributed by atoms with E-state index in [1.165, 1.54) is 0 Å². The van der Waals surface area contributed by atoms with E-state index in [0.717, 1.165) is 0 Å². The van der Waals surface area contributed by atoms with Gasteiger partial charge in [-0.3, -0.25) is 19.6 Å². The zero-order chi connectivity index (χ0) is 17.6. The van der Waals surface area contributed by atoms with Gasteiger partial charge in [-0.15, -0.1) is 0 Å². The Bertz CT molecular complexity index is 998. The van der Waals surface area contributed by atoms with Crippen LogP contribution in [0.1, 0.15) is 0 Å². The Morgan fingerprint density at radius 3 is 2.83 bits per heavy atom. The third-order valence-electron chi connectivity index (χ3n) is 2.90. The molecule has 1 aromatic rings. The summed E-state index contributed by atoms with van der Waals surface area (Å²) in [7, 11) is -4.76. The molecule has 0 fully saturated rings. The molecular formula is C10H8N5O6PS2-2. The number of H-pyrrole nitrogens is 1. The highest BCUT2D eigenvalue weighted by Gasteiger charge is 2.27. The highest BCUT2D eigenvalue weighted by molar-refractivity contribution is 7.67. The third-order valence-corrected chi connectivity index (χ3v) is 4.35. The van der Waals surface area contributed by atoms with E-state index >= 15 is 0 Å². The number of nitrogen functional groups attached to an aromatic ring is 1. The predicted molar refractivity (Wildman–Crippen MR) is 83.2 cm³/mol. The average Bonchev–Trinajstić information content (AvgIpc) is 2.47. The maximum absolute atomic E-state index is 11.9. The maximum atomic E-state index is 11.9. The Hall–Kier alpha value is -1.92. The lowest BCUT2D eigenvalue weighted by Crippen LogP contribution is -2.48. The molecule has 5 N–H and O–H groups in total. The van der Waals surface area contributed by atoms with Crippen LogP contribution < -0.4 is 22.1 Å². The van der Waals surface area contributed by atoms with Gasteiger partial charge in [0.05, 0.1) is 5.70 Å². The summed E-state index contributed by atoms with van der Waals surface area (Å²) in [5.74, 6) is -0.270. The maximum Gasteiger partial charge on any atom is 0.524 e. The number of aromatic amines is 1. The van der Waals surface area contributed by atoms with E-state index in [2.05, 4.69) is 24.5 Å². The molecule has 0 spiro atoms. The quantitative estimate of drug-likeness (QED) is 0.242. The van der Waals surface area contributed by atoms with Gasteiger partial charge in [-0.1, -0.05) is 5.25 Å². The number of anilines is 1. The number of aromatic nitrogens is 2. The third kappa shape index (κ3) is 3.16. The first-order chi connectivity index (χ1) is 11.2. The van der Waals surface area contributed by atoms with Crippen LogP contribution >= 0.6 is 7.82 Å². The zero-order valence-electron chi connectivity index (χ0n) is 11.4. The highest BCUT2D eigenvalue weighted by Crippen LogP contribution is 2.38. The number of rotatable bonds is 2. The lowest BCUT2D eigenvalue weighted by atomic mass is 10.2. The Labute approximate surface area is 144 Å². The van der Waals surface area contributed by atoms with Crippen molar-refractivity contribution in [3.63, 3.8) is 0 Å². The minimum atomic E-state index is -4.76. The van der Waals surface area contributed by atoms with E-state index in [0.29, 0.717) is 6.26 Å². The van der Waals surface area contributed by atoms with Crippen molar-refractivity contribution in [2.24, 2.45) is 9.98 Å². The van der Waals surface area contributed by atoms with Gasteiger partial charge in [0.15, 0.2) is 10.8 Å². The van der Waals surface area contributed by atoms with E-state index in [-0.39, 0.29) is 33.2 Å². The number of ether oxygens (including phenoxy) is 1. The summed E-state index contributed by atoms with van der Waals surface area (Å²) in [5, 5.41) is -1.05. The van der Waals surface area contributed by atoms with Crippen LogP contribution in [-0.2, 0) is 39.1 Å². The van der Waals surface area contributed by atoms with Crippen LogP contribution in [0.5, 0.6) is 0 Å². The van der Waals surface area contributed by atoms with Crippen LogP contribution in [0.15, 0.2) is 37.4 Å². The smallest absolute Gasteiger partial charge is 0.524 e. The van der Waals surface area contributed by atoms with Gasteiger partial charge >= 0.3 is 7.82 Å². The zero-order valence-corrected chi connectivity index (χ0v) is 14.0. The first kappa shape index (κ1) is 16.9. The van der Waals surface area contributed by atoms with Crippen molar-refractivity contribution < 1.29 is 23.6 Å². The second-order valence-electron chi connectivity index (χ2n) is 4.58. The van der Waals surface area contributed by atoms with E-state index < -0.39 is 24.9 Å². The lowest BCUT2D eigenvalue weighted by Gasteiger charge is -2.41. The number of nitrogens with one attached hydrogen (secondary N) is 1. The molecule has 2 atom stereocenters. The van der Waals surface area contributed by atoms with Crippen molar-refractivity contribution in [3.05, 3.63) is 43.8 Å². The van der Waals surface area contributed by atoms with Gasteiger partial charge in [0.25, 0.3) is 5.56 Å². The number of nitrogens with two attached hydrogens (primary N) is 1. The molecule has 0 aromatic carbocycles. The van der Waals surface area contributed by atoms with Crippen LogP contribution in [0.25, 0.3) is 0 Å². The summed E-state index contributed by atoms with van der Waals surface area (Å²) < 4.78 is 20.5. The van der Waals surface area contributed by atoms with Gasteiger partial charge in [0.2, 0.25) is 12.2 Å². The van der Waals surface area contributed by atoms with Crippen molar-refractivity contribution in [2.45, 2.75) is 11.5 Å². The van der Waals surface area contributed by atoms with E-state index in [9.17, 15) is 9.36 Å². The van der Waals surface area contributed by atoms with Crippen LogP contribution in [0.4, 0.5) is 5.95 Å². The van der Waals surface area contributed by atoms with Gasteiger partial charge in [0.1, 0.15) is 12.0 Å². The number of fused-ring (bicyclic) bond motifs is 2. The van der Waals surface area contributed by atoms with E-state index in [1.807, 2.05) is 0 Å². The molecule has 1 unspecified atom stereocenters. The molecule has 11 nitrogen and oxygen atoms in total. The Morgan fingerprint density at radius 1 is 1.46 bits per heavy atom.